The van der Waals surface area contributed by atoms with Gasteiger partial charge in [0.2, 0.25) is 0 Å². The number of benzene rings is 1. The van der Waals surface area contributed by atoms with Crippen molar-refractivity contribution in [3.05, 3.63) is 29.8 Å². The van der Waals surface area contributed by atoms with Crippen molar-refractivity contribution in [1.29, 1.82) is 0 Å². The maximum atomic E-state index is 12.1. The van der Waals surface area contributed by atoms with Crippen LogP contribution in [0.25, 0.3) is 0 Å². The van der Waals surface area contributed by atoms with E-state index in [-0.39, 0.29) is 18.9 Å². The van der Waals surface area contributed by atoms with E-state index < -0.39 is 17.6 Å². The van der Waals surface area contributed by atoms with Crippen LogP contribution in [0.15, 0.2) is 24.3 Å². The summed E-state index contributed by atoms with van der Waals surface area (Å²) in [5.74, 6) is -0.277. The molecule has 5 heteroatoms. The average molecular weight is 267 g/mol. The molecule has 0 aliphatic rings. The number of rotatable bonds is 5. The van der Waals surface area contributed by atoms with E-state index in [1.165, 1.54) is 12.1 Å². The summed E-state index contributed by atoms with van der Waals surface area (Å²) in [6.07, 6.45) is 0. The van der Waals surface area contributed by atoms with Crippen LogP contribution in [0, 0.1) is 0 Å². The van der Waals surface area contributed by atoms with Gasteiger partial charge in [0.25, 0.3) is 0 Å². The van der Waals surface area contributed by atoms with Crippen LogP contribution >= 0.6 is 0 Å². The van der Waals surface area contributed by atoms with Crippen molar-refractivity contribution in [1.82, 2.24) is 5.32 Å². The van der Waals surface area contributed by atoms with Gasteiger partial charge in [0.05, 0.1) is 6.61 Å². The molecule has 19 heavy (non-hydrogen) atoms. The number of phenols is 1. The molecule has 0 heterocycles. The highest BCUT2D eigenvalue weighted by Gasteiger charge is 2.26. The zero-order valence-electron chi connectivity index (χ0n) is 11.5. The van der Waals surface area contributed by atoms with Gasteiger partial charge in [-0.3, -0.25) is 5.32 Å². The summed E-state index contributed by atoms with van der Waals surface area (Å²) in [6, 6.07) is 5.65. The lowest BCUT2D eigenvalue weighted by molar-refractivity contribution is -0.157. The van der Waals surface area contributed by atoms with E-state index in [4.69, 9.17) is 9.84 Å². The zero-order valence-corrected chi connectivity index (χ0v) is 11.5. The second-order valence-electron chi connectivity index (χ2n) is 5.24. The summed E-state index contributed by atoms with van der Waals surface area (Å²) in [5, 5.41) is 21.1. The Bertz CT molecular complexity index is 408. The maximum absolute atomic E-state index is 12.1. The maximum Gasteiger partial charge on any atom is 0.328 e. The molecule has 0 fully saturated rings. The Morgan fingerprint density at radius 2 is 1.89 bits per heavy atom. The highest BCUT2D eigenvalue weighted by atomic mass is 16.6. The molecule has 3 N–H and O–H groups in total. The largest absolute Gasteiger partial charge is 0.508 e. The molecule has 1 rings (SSSR count). The highest BCUT2D eigenvalue weighted by Crippen LogP contribution is 2.20. The number of nitrogens with one attached hydrogen (secondary N) is 1. The van der Waals surface area contributed by atoms with Crippen molar-refractivity contribution in [2.75, 3.05) is 13.2 Å². The number of ether oxygens (including phenoxy) is 1. The van der Waals surface area contributed by atoms with Gasteiger partial charge in [0.15, 0.2) is 0 Å². The Morgan fingerprint density at radius 3 is 2.37 bits per heavy atom. The first-order valence-electron chi connectivity index (χ1n) is 6.19. The lowest BCUT2D eigenvalue weighted by atomic mass is 10.1. The van der Waals surface area contributed by atoms with Crippen LogP contribution in [-0.2, 0) is 9.53 Å². The molecule has 5 nitrogen and oxygen atoms in total. The molecule has 1 unspecified atom stereocenters. The molecule has 0 saturated carbocycles. The van der Waals surface area contributed by atoms with Crippen LogP contribution in [0.1, 0.15) is 32.4 Å². The number of carbonyl (C=O) groups is 1. The predicted molar refractivity (Wildman–Crippen MR) is 71.8 cm³/mol. The molecular formula is C14H21NO4. The monoisotopic (exact) mass is 267 g/mol. The summed E-state index contributed by atoms with van der Waals surface area (Å²) >= 11 is 0. The number of carbonyl (C=O) groups excluding carboxylic acids is 1. The van der Waals surface area contributed by atoms with E-state index >= 15 is 0 Å². The summed E-state index contributed by atoms with van der Waals surface area (Å²) in [5.41, 5.74) is 0.105. The summed E-state index contributed by atoms with van der Waals surface area (Å²) in [4.78, 5) is 12.1. The quantitative estimate of drug-likeness (QED) is 0.702. The van der Waals surface area contributed by atoms with E-state index in [0.29, 0.717) is 5.56 Å². The molecule has 0 aliphatic heterocycles. The molecule has 1 aromatic carbocycles. The Labute approximate surface area is 113 Å². The molecule has 1 aromatic rings. The molecule has 0 bridgehead atoms. The van der Waals surface area contributed by atoms with E-state index in [1.54, 1.807) is 32.9 Å². The third-order valence-corrected chi connectivity index (χ3v) is 2.33. The van der Waals surface area contributed by atoms with Gasteiger partial charge < -0.3 is 14.9 Å². The van der Waals surface area contributed by atoms with E-state index in [1.807, 2.05) is 0 Å². The van der Waals surface area contributed by atoms with Crippen molar-refractivity contribution in [3.63, 3.8) is 0 Å². The average Bonchev–Trinajstić information content (AvgIpc) is 2.29. The van der Waals surface area contributed by atoms with Gasteiger partial charge in [-0.2, -0.15) is 0 Å². The van der Waals surface area contributed by atoms with Gasteiger partial charge in [-0.1, -0.05) is 12.1 Å². The minimum atomic E-state index is -0.660. The number of hydrogen-bond donors (Lipinski definition) is 3. The minimum Gasteiger partial charge on any atom is -0.508 e. The second kappa shape index (κ2) is 6.54. The van der Waals surface area contributed by atoms with E-state index in [2.05, 4.69) is 5.32 Å². The van der Waals surface area contributed by atoms with Crippen LogP contribution in [0.5, 0.6) is 5.75 Å². The van der Waals surface area contributed by atoms with Crippen LogP contribution < -0.4 is 5.32 Å². The lowest BCUT2D eigenvalue weighted by Gasteiger charge is -2.24. The first-order chi connectivity index (χ1) is 8.83. The molecule has 0 aliphatic carbocycles. The van der Waals surface area contributed by atoms with Gasteiger partial charge in [0.1, 0.15) is 17.4 Å². The Kier molecular flexibility index (Phi) is 5.32. The molecule has 0 radical (unpaired) electrons. The van der Waals surface area contributed by atoms with Crippen LogP contribution in [-0.4, -0.2) is 34.9 Å². The summed E-state index contributed by atoms with van der Waals surface area (Å²) in [6.45, 7) is 5.60. The van der Waals surface area contributed by atoms with Gasteiger partial charge in [-0.25, -0.2) is 4.79 Å². The third kappa shape index (κ3) is 5.28. The molecule has 0 amide bonds. The fraction of sp³-hybridized carbons (Fsp3) is 0.500. The minimum absolute atomic E-state index is 0.0720. The predicted octanol–water partition coefficient (Wildman–Crippen LogP) is 1.36. The first-order valence-corrected chi connectivity index (χ1v) is 6.19. The molecule has 0 spiro atoms. The van der Waals surface area contributed by atoms with Crippen LogP contribution in [0.4, 0.5) is 0 Å². The molecule has 106 valence electrons. The molecule has 1 atom stereocenters. The summed E-state index contributed by atoms with van der Waals surface area (Å²) in [7, 11) is 0. The first kappa shape index (κ1) is 15.5. The number of phenolic OH excluding ortho intramolecular Hbond substituents is 1. The van der Waals surface area contributed by atoms with Crippen molar-refractivity contribution in [3.8, 4) is 5.75 Å². The van der Waals surface area contributed by atoms with Crippen molar-refractivity contribution in [2.24, 2.45) is 0 Å². The van der Waals surface area contributed by atoms with Gasteiger partial charge in [0, 0.05) is 6.54 Å². The number of aliphatic hydroxyl groups excluding tert-OH is 1. The van der Waals surface area contributed by atoms with Gasteiger partial charge >= 0.3 is 5.97 Å². The lowest BCUT2D eigenvalue weighted by Crippen LogP contribution is -2.36. The van der Waals surface area contributed by atoms with Crippen molar-refractivity contribution < 1.29 is 19.7 Å². The Morgan fingerprint density at radius 1 is 1.32 bits per heavy atom. The molecule has 0 aromatic heterocycles. The SMILES string of the molecule is CC(C)(C)OC(=O)C(NCCO)c1ccc(O)cc1. The fourth-order valence-corrected chi connectivity index (χ4v) is 1.57. The zero-order chi connectivity index (χ0) is 14.5. The second-order valence-corrected chi connectivity index (χ2v) is 5.24. The standard InChI is InChI=1S/C14H21NO4/c1-14(2,3)19-13(18)12(15-8-9-16)10-4-6-11(17)7-5-10/h4-7,12,15-17H,8-9H2,1-3H3. The fourth-order valence-electron chi connectivity index (χ4n) is 1.57. The van der Waals surface area contributed by atoms with Crippen molar-refractivity contribution in [2.45, 2.75) is 32.4 Å². The number of esters is 1. The van der Waals surface area contributed by atoms with Crippen molar-refractivity contribution >= 4 is 5.97 Å². The smallest absolute Gasteiger partial charge is 0.328 e. The van der Waals surface area contributed by atoms with E-state index in [9.17, 15) is 9.90 Å². The molecular weight excluding hydrogens is 246 g/mol. The Balaban J connectivity index is 2.87. The van der Waals surface area contributed by atoms with E-state index in [0.717, 1.165) is 0 Å². The van der Waals surface area contributed by atoms with Gasteiger partial charge in [-0.15, -0.1) is 0 Å². The number of hydrogen-bond acceptors (Lipinski definition) is 5. The summed E-state index contributed by atoms with van der Waals surface area (Å²) < 4.78 is 5.34. The number of aliphatic hydroxyl groups is 1. The van der Waals surface area contributed by atoms with Crippen LogP contribution in [0.2, 0.25) is 0 Å². The third-order valence-electron chi connectivity index (χ3n) is 2.33. The number of aromatic hydroxyl groups is 1. The topological polar surface area (TPSA) is 78.8 Å². The highest BCUT2D eigenvalue weighted by molar-refractivity contribution is 5.78. The van der Waals surface area contributed by atoms with Crippen LogP contribution in [0.3, 0.4) is 0 Å². The molecule has 0 saturated heterocycles. The normalized spacial score (nSPS) is 13.1. The Hall–Kier alpha value is -1.59. The van der Waals surface area contributed by atoms with Gasteiger partial charge in [-0.05, 0) is 38.5 Å².